The lowest BCUT2D eigenvalue weighted by atomic mass is 10.2. The predicted molar refractivity (Wildman–Crippen MR) is 72.3 cm³/mol. The van der Waals surface area contributed by atoms with Crippen molar-refractivity contribution in [3.8, 4) is 5.75 Å². The number of nitrogens with zero attached hydrogens (tertiary/aromatic N) is 2. The van der Waals surface area contributed by atoms with Gasteiger partial charge in [0.2, 0.25) is 0 Å². The second kappa shape index (κ2) is 4.61. The highest BCUT2D eigenvalue weighted by molar-refractivity contribution is 6.06. The summed E-state index contributed by atoms with van der Waals surface area (Å²) in [7, 11) is 0. The van der Waals surface area contributed by atoms with Crippen LogP contribution >= 0.6 is 0 Å². The third kappa shape index (κ3) is 2.10. The molecule has 5 heteroatoms. The molecule has 0 saturated heterocycles. The first-order valence-corrected chi connectivity index (χ1v) is 6.01. The first-order valence-electron chi connectivity index (χ1n) is 6.01. The molecule has 1 aliphatic heterocycles. The molecule has 0 saturated carbocycles. The summed E-state index contributed by atoms with van der Waals surface area (Å²) in [5.41, 5.74) is 7.48. The Morgan fingerprint density at radius 1 is 1.32 bits per heavy atom. The number of carbonyl (C=O) groups excluding carboxylic acids is 1. The molecule has 1 amide bonds. The van der Waals surface area contributed by atoms with Gasteiger partial charge in [-0.15, -0.1) is 0 Å². The SMILES string of the molecule is Nc1ccc2c(c1)N(C(=O)c1ccccn1)CCO2. The number of anilines is 2. The van der Waals surface area contributed by atoms with E-state index in [0.29, 0.717) is 36.0 Å². The van der Waals surface area contributed by atoms with Crippen molar-refractivity contribution >= 4 is 17.3 Å². The van der Waals surface area contributed by atoms with E-state index in [-0.39, 0.29) is 5.91 Å². The fourth-order valence-corrected chi connectivity index (χ4v) is 2.07. The van der Waals surface area contributed by atoms with Crippen molar-refractivity contribution in [1.82, 2.24) is 4.98 Å². The van der Waals surface area contributed by atoms with Crippen molar-refractivity contribution in [3.63, 3.8) is 0 Å². The number of benzene rings is 1. The van der Waals surface area contributed by atoms with Crippen LogP contribution in [-0.2, 0) is 0 Å². The molecule has 2 aromatic rings. The molecule has 0 fully saturated rings. The maximum atomic E-state index is 12.4. The quantitative estimate of drug-likeness (QED) is 0.787. The molecule has 0 unspecified atom stereocenters. The van der Waals surface area contributed by atoms with E-state index < -0.39 is 0 Å². The Morgan fingerprint density at radius 3 is 3.00 bits per heavy atom. The van der Waals surface area contributed by atoms with Crippen LogP contribution in [0.3, 0.4) is 0 Å². The van der Waals surface area contributed by atoms with Gasteiger partial charge in [-0.3, -0.25) is 9.78 Å². The summed E-state index contributed by atoms with van der Waals surface area (Å²) in [4.78, 5) is 18.2. The third-order valence-corrected chi connectivity index (χ3v) is 2.98. The zero-order chi connectivity index (χ0) is 13.2. The summed E-state index contributed by atoms with van der Waals surface area (Å²) in [6.45, 7) is 0.960. The van der Waals surface area contributed by atoms with Crippen molar-refractivity contribution in [2.24, 2.45) is 0 Å². The minimum atomic E-state index is -0.143. The van der Waals surface area contributed by atoms with Crippen LogP contribution in [0.5, 0.6) is 5.75 Å². The number of carbonyl (C=O) groups is 1. The third-order valence-electron chi connectivity index (χ3n) is 2.98. The number of nitrogens with two attached hydrogens (primary N) is 1. The van der Waals surface area contributed by atoms with Gasteiger partial charge in [0.1, 0.15) is 18.1 Å². The Bertz CT molecular complexity index is 613. The monoisotopic (exact) mass is 255 g/mol. The fourth-order valence-electron chi connectivity index (χ4n) is 2.07. The molecule has 0 aliphatic carbocycles. The number of amides is 1. The van der Waals surface area contributed by atoms with Gasteiger partial charge >= 0.3 is 0 Å². The summed E-state index contributed by atoms with van der Waals surface area (Å²) in [6, 6.07) is 10.6. The second-order valence-corrected chi connectivity index (χ2v) is 4.25. The number of pyridine rings is 1. The largest absolute Gasteiger partial charge is 0.490 e. The average Bonchev–Trinajstić information content (AvgIpc) is 2.47. The lowest BCUT2D eigenvalue weighted by molar-refractivity contribution is 0.0972. The normalized spacial score (nSPS) is 13.6. The molecule has 0 spiro atoms. The molecule has 0 atom stereocenters. The molecule has 1 aromatic heterocycles. The second-order valence-electron chi connectivity index (χ2n) is 4.25. The molecular formula is C14H13N3O2. The highest BCUT2D eigenvalue weighted by atomic mass is 16.5. The first kappa shape index (κ1) is 11.5. The van der Waals surface area contributed by atoms with Crippen LogP contribution in [0.15, 0.2) is 42.6 Å². The van der Waals surface area contributed by atoms with Crippen LogP contribution in [0.25, 0.3) is 0 Å². The molecule has 1 aliphatic rings. The molecule has 2 N–H and O–H groups in total. The van der Waals surface area contributed by atoms with Gasteiger partial charge in [-0.05, 0) is 30.3 Å². The summed E-state index contributed by atoms with van der Waals surface area (Å²) >= 11 is 0. The smallest absolute Gasteiger partial charge is 0.277 e. The van der Waals surface area contributed by atoms with Crippen molar-refractivity contribution in [1.29, 1.82) is 0 Å². The zero-order valence-corrected chi connectivity index (χ0v) is 10.2. The van der Waals surface area contributed by atoms with Gasteiger partial charge in [0.05, 0.1) is 12.2 Å². The Hall–Kier alpha value is -2.56. The number of ether oxygens (including phenoxy) is 1. The van der Waals surface area contributed by atoms with Crippen molar-refractivity contribution in [2.45, 2.75) is 0 Å². The van der Waals surface area contributed by atoms with E-state index in [1.54, 1.807) is 47.5 Å². The molecule has 96 valence electrons. The zero-order valence-electron chi connectivity index (χ0n) is 10.2. The summed E-state index contributed by atoms with van der Waals surface area (Å²) in [5.74, 6) is 0.528. The highest BCUT2D eigenvalue weighted by Gasteiger charge is 2.25. The van der Waals surface area contributed by atoms with Gasteiger partial charge in [-0.1, -0.05) is 6.07 Å². The van der Waals surface area contributed by atoms with E-state index in [1.165, 1.54) is 0 Å². The summed E-state index contributed by atoms with van der Waals surface area (Å²) in [6.07, 6.45) is 1.61. The van der Waals surface area contributed by atoms with E-state index in [2.05, 4.69) is 4.98 Å². The van der Waals surface area contributed by atoms with Crippen LogP contribution < -0.4 is 15.4 Å². The number of fused-ring (bicyclic) bond motifs is 1. The van der Waals surface area contributed by atoms with Crippen LogP contribution in [0.4, 0.5) is 11.4 Å². The van der Waals surface area contributed by atoms with Crippen LogP contribution in [-0.4, -0.2) is 24.0 Å². The molecular weight excluding hydrogens is 242 g/mol. The molecule has 0 radical (unpaired) electrons. The van der Waals surface area contributed by atoms with Crippen LogP contribution in [0.1, 0.15) is 10.5 Å². The van der Waals surface area contributed by atoms with Gasteiger partial charge < -0.3 is 15.4 Å². The minimum absolute atomic E-state index is 0.143. The molecule has 2 heterocycles. The van der Waals surface area contributed by atoms with Crippen molar-refractivity contribution < 1.29 is 9.53 Å². The number of nitrogen functional groups attached to an aromatic ring is 1. The standard InChI is InChI=1S/C14H13N3O2/c15-10-4-5-13-12(9-10)17(7-8-19-13)14(18)11-3-1-2-6-16-11/h1-6,9H,7-8,15H2. The lowest BCUT2D eigenvalue weighted by Crippen LogP contribution is -2.38. The summed E-state index contributed by atoms with van der Waals surface area (Å²) < 4.78 is 5.52. The Labute approximate surface area is 110 Å². The lowest BCUT2D eigenvalue weighted by Gasteiger charge is -2.29. The summed E-state index contributed by atoms with van der Waals surface area (Å²) in [5, 5.41) is 0. The molecule has 1 aromatic carbocycles. The van der Waals surface area contributed by atoms with Gasteiger partial charge in [-0.2, -0.15) is 0 Å². The number of rotatable bonds is 1. The van der Waals surface area contributed by atoms with E-state index in [4.69, 9.17) is 10.5 Å². The Morgan fingerprint density at radius 2 is 2.21 bits per heavy atom. The van der Waals surface area contributed by atoms with Gasteiger partial charge in [-0.25, -0.2) is 0 Å². The van der Waals surface area contributed by atoms with Crippen LogP contribution in [0.2, 0.25) is 0 Å². The molecule has 5 nitrogen and oxygen atoms in total. The number of hydrogen-bond donors (Lipinski definition) is 1. The van der Waals surface area contributed by atoms with Gasteiger partial charge in [0.15, 0.2) is 0 Å². The fraction of sp³-hybridized carbons (Fsp3) is 0.143. The molecule has 19 heavy (non-hydrogen) atoms. The van der Waals surface area contributed by atoms with E-state index in [1.807, 2.05) is 0 Å². The van der Waals surface area contributed by atoms with Gasteiger partial charge in [0, 0.05) is 11.9 Å². The van der Waals surface area contributed by atoms with E-state index in [0.717, 1.165) is 0 Å². The van der Waals surface area contributed by atoms with E-state index in [9.17, 15) is 4.79 Å². The maximum absolute atomic E-state index is 12.4. The minimum Gasteiger partial charge on any atom is -0.490 e. The average molecular weight is 255 g/mol. The molecule has 0 bridgehead atoms. The number of hydrogen-bond acceptors (Lipinski definition) is 4. The topological polar surface area (TPSA) is 68.5 Å². The predicted octanol–water partition coefficient (Wildman–Crippen LogP) is 1.70. The Balaban J connectivity index is 2.00. The maximum Gasteiger partial charge on any atom is 0.277 e. The van der Waals surface area contributed by atoms with Crippen molar-refractivity contribution in [3.05, 3.63) is 48.3 Å². The van der Waals surface area contributed by atoms with Gasteiger partial charge in [0.25, 0.3) is 5.91 Å². The van der Waals surface area contributed by atoms with Crippen LogP contribution in [0, 0.1) is 0 Å². The highest BCUT2D eigenvalue weighted by Crippen LogP contribution is 2.33. The first-order chi connectivity index (χ1) is 9.25. The number of aromatic nitrogens is 1. The molecule has 3 rings (SSSR count). The Kier molecular flexibility index (Phi) is 2.79. The van der Waals surface area contributed by atoms with E-state index >= 15 is 0 Å². The van der Waals surface area contributed by atoms with Crippen molar-refractivity contribution in [2.75, 3.05) is 23.8 Å².